The monoisotopic (exact) mass is 273 g/mol. The summed E-state index contributed by atoms with van der Waals surface area (Å²) in [6, 6.07) is 0. The van der Waals surface area contributed by atoms with Gasteiger partial charge in [-0.3, -0.25) is 9.59 Å². The van der Waals surface area contributed by atoms with Crippen molar-refractivity contribution in [1.82, 2.24) is 4.90 Å². The van der Waals surface area contributed by atoms with Gasteiger partial charge in [-0.2, -0.15) is 11.8 Å². The maximum absolute atomic E-state index is 12.0. The minimum Gasteiger partial charge on any atom is -0.466 e. The summed E-state index contributed by atoms with van der Waals surface area (Å²) < 4.78 is 5.03. The van der Waals surface area contributed by atoms with Gasteiger partial charge in [-0.05, 0) is 25.5 Å². The summed E-state index contributed by atoms with van der Waals surface area (Å²) in [4.78, 5) is 25.4. The number of esters is 1. The largest absolute Gasteiger partial charge is 0.466 e. The van der Waals surface area contributed by atoms with Crippen LogP contribution in [0.3, 0.4) is 0 Å². The second-order valence-corrected chi connectivity index (χ2v) is 5.77. The van der Waals surface area contributed by atoms with Crippen LogP contribution in [0.15, 0.2) is 0 Å². The number of ether oxygens (including phenoxy) is 1. The molecule has 1 amide bonds. The maximum Gasteiger partial charge on any atom is 0.310 e. The van der Waals surface area contributed by atoms with Gasteiger partial charge < -0.3 is 9.64 Å². The van der Waals surface area contributed by atoms with Crippen molar-refractivity contribution in [1.29, 1.82) is 0 Å². The van der Waals surface area contributed by atoms with Crippen molar-refractivity contribution in [3.63, 3.8) is 0 Å². The van der Waals surface area contributed by atoms with E-state index in [4.69, 9.17) is 4.74 Å². The summed E-state index contributed by atoms with van der Waals surface area (Å²) in [7, 11) is 0. The van der Waals surface area contributed by atoms with Crippen LogP contribution in [0.1, 0.15) is 33.1 Å². The Morgan fingerprint density at radius 3 is 2.83 bits per heavy atom. The molecule has 104 valence electrons. The molecule has 0 spiro atoms. The molecule has 0 saturated carbocycles. The first kappa shape index (κ1) is 15.3. The lowest BCUT2D eigenvalue weighted by Gasteiger charge is -2.31. The zero-order valence-electron chi connectivity index (χ0n) is 11.3. The highest BCUT2D eigenvalue weighted by molar-refractivity contribution is 7.99. The Kier molecular flexibility index (Phi) is 7.16. The second kappa shape index (κ2) is 8.40. The van der Waals surface area contributed by atoms with Gasteiger partial charge in [0.2, 0.25) is 5.91 Å². The van der Waals surface area contributed by atoms with E-state index in [1.54, 1.807) is 11.8 Å². The number of rotatable bonds is 6. The number of thioether (sulfide) groups is 1. The van der Waals surface area contributed by atoms with Gasteiger partial charge in [0.1, 0.15) is 0 Å². The number of piperidine rings is 1. The molecule has 1 fully saturated rings. The summed E-state index contributed by atoms with van der Waals surface area (Å²) in [5.41, 5.74) is 0. The molecule has 0 bridgehead atoms. The van der Waals surface area contributed by atoms with Crippen molar-refractivity contribution in [2.24, 2.45) is 5.92 Å². The fourth-order valence-electron chi connectivity index (χ4n) is 2.12. The Morgan fingerprint density at radius 1 is 1.39 bits per heavy atom. The molecule has 0 aliphatic carbocycles. The fraction of sp³-hybridized carbons (Fsp3) is 0.846. The van der Waals surface area contributed by atoms with E-state index in [0.29, 0.717) is 19.6 Å². The highest BCUT2D eigenvalue weighted by atomic mass is 32.2. The predicted molar refractivity (Wildman–Crippen MR) is 73.6 cm³/mol. The molecule has 1 aliphatic rings. The Morgan fingerprint density at radius 2 is 2.17 bits per heavy atom. The fourth-order valence-corrected chi connectivity index (χ4v) is 2.73. The number of likely N-dealkylation sites (tertiary alicyclic amines) is 1. The van der Waals surface area contributed by atoms with E-state index in [0.717, 1.165) is 30.9 Å². The summed E-state index contributed by atoms with van der Waals surface area (Å²) in [5.74, 6) is 1.80. The smallest absolute Gasteiger partial charge is 0.310 e. The van der Waals surface area contributed by atoms with Crippen molar-refractivity contribution in [2.45, 2.75) is 33.1 Å². The third-order valence-corrected chi connectivity index (χ3v) is 3.96. The van der Waals surface area contributed by atoms with Crippen LogP contribution >= 0.6 is 11.8 Å². The Bertz CT molecular complexity index is 283. The van der Waals surface area contributed by atoms with Crippen LogP contribution in [0.4, 0.5) is 0 Å². The molecule has 4 nitrogen and oxygen atoms in total. The van der Waals surface area contributed by atoms with Crippen molar-refractivity contribution >= 4 is 23.6 Å². The summed E-state index contributed by atoms with van der Waals surface area (Å²) in [6.07, 6.45) is 2.32. The van der Waals surface area contributed by atoms with Crippen LogP contribution in [0, 0.1) is 5.92 Å². The van der Waals surface area contributed by atoms with Crippen LogP contribution in [0.2, 0.25) is 0 Å². The molecule has 1 rings (SSSR count). The molecule has 0 radical (unpaired) electrons. The predicted octanol–water partition coefficient (Wildman–Crippen LogP) is 1.93. The molecule has 0 aromatic heterocycles. The van der Waals surface area contributed by atoms with Crippen LogP contribution < -0.4 is 0 Å². The van der Waals surface area contributed by atoms with Crippen molar-refractivity contribution in [2.75, 3.05) is 31.2 Å². The van der Waals surface area contributed by atoms with Crippen molar-refractivity contribution in [3.05, 3.63) is 0 Å². The molecular formula is C13H23NO3S. The van der Waals surface area contributed by atoms with Gasteiger partial charge in [0.25, 0.3) is 0 Å². The summed E-state index contributed by atoms with van der Waals surface area (Å²) in [5, 5.41) is 0. The van der Waals surface area contributed by atoms with Gasteiger partial charge in [-0.25, -0.2) is 0 Å². The zero-order valence-corrected chi connectivity index (χ0v) is 12.1. The zero-order chi connectivity index (χ0) is 13.4. The summed E-state index contributed by atoms with van der Waals surface area (Å²) in [6.45, 7) is 5.63. The number of carbonyl (C=O) groups excluding carboxylic acids is 2. The molecule has 18 heavy (non-hydrogen) atoms. The van der Waals surface area contributed by atoms with Gasteiger partial charge in [0, 0.05) is 25.3 Å². The molecule has 5 heteroatoms. The Hall–Kier alpha value is -0.710. The lowest BCUT2D eigenvalue weighted by Crippen LogP contribution is -2.42. The number of hydrogen-bond donors (Lipinski definition) is 0. The third kappa shape index (κ3) is 4.88. The maximum atomic E-state index is 12.0. The Labute approximate surface area is 113 Å². The molecule has 0 aromatic carbocycles. The van der Waals surface area contributed by atoms with Crippen molar-refractivity contribution < 1.29 is 14.3 Å². The van der Waals surface area contributed by atoms with Gasteiger partial charge in [-0.15, -0.1) is 0 Å². The molecule has 1 atom stereocenters. The van der Waals surface area contributed by atoms with Crippen LogP contribution in [-0.4, -0.2) is 48.0 Å². The lowest BCUT2D eigenvalue weighted by atomic mass is 9.98. The molecule has 0 aromatic rings. The molecule has 1 heterocycles. The Balaban J connectivity index is 2.38. The number of nitrogens with zero attached hydrogens (tertiary/aromatic N) is 1. The molecule has 1 unspecified atom stereocenters. The highest BCUT2D eigenvalue weighted by Crippen LogP contribution is 2.19. The minimum atomic E-state index is -0.155. The number of hydrogen-bond acceptors (Lipinski definition) is 4. The quantitative estimate of drug-likeness (QED) is 0.548. The van der Waals surface area contributed by atoms with E-state index in [1.165, 1.54) is 0 Å². The standard InChI is InChI=1S/C13H23NO3S/c1-3-17-13(16)11-6-5-8-14(10-11)12(15)7-9-18-4-2/h11H,3-10H2,1-2H3. The minimum absolute atomic E-state index is 0.124. The average molecular weight is 273 g/mol. The van der Waals surface area contributed by atoms with E-state index < -0.39 is 0 Å². The molecule has 0 N–H and O–H groups in total. The van der Waals surface area contributed by atoms with Gasteiger partial charge in [-0.1, -0.05) is 6.92 Å². The SMILES string of the molecule is CCOC(=O)C1CCCN(C(=O)CCSCC)C1. The van der Waals surface area contributed by atoms with E-state index in [2.05, 4.69) is 6.92 Å². The first-order valence-corrected chi connectivity index (χ1v) is 7.86. The number of amides is 1. The van der Waals surface area contributed by atoms with E-state index in [-0.39, 0.29) is 17.8 Å². The molecule has 1 saturated heterocycles. The van der Waals surface area contributed by atoms with Gasteiger partial charge >= 0.3 is 5.97 Å². The van der Waals surface area contributed by atoms with Gasteiger partial charge in [0.05, 0.1) is 12.5 Å². The normalized spacial score (nSPS) is 19.7. The van der Waals surface area contributed by atoms with E-state index in [9.17, 15) is 9.59 Å². The van der Waals surface area contributed by atoms with Crippen molar-refractivity contribution in [3.8, 4) is 0 Å². The molecule has 1 aliphatic heterocycles. The average Bonchev–Trinajstić information content (AvgIpc) is 2.39. The topological polar surface area (TPSA) is 46.6 Å². The van der Waals surface area contributed by atoms with Crippen LogP contribution in [-0.2, 0) is 14.3 Å². The number of carbonyl (C=O) groups is 2. The van der Waals surface area contributed by atoms with Crippen LogP contribution in [0.25, 0.3) is 0 Å². The first-order valence-electron chi connectivity index (χ1n) is 6.71. The summed E-state index contributed by atoms with van der Waals surface area (Å²) >= 11 is 1.78. The second-order valence-electron chi connectivity index (χ2n) is 4.38. The highest BCUT2D eigenvalue weighted by Gasteiger charge is 2.28. The van der Waals surface area contributed by atoms with Gasteiger partial charge in [0.15, 0.2) is 0 Å². The van der Waals surface area contributed by atoms with E-state index in [1.807, 2.05) is 11.8 Å². The third-order valence-electron chi connectivity index (χ3n) is 3.06. The van der Waals surface area contributed by atoms with Crippen LogP contribution in [0.5, 0.6) is 0 Å². The lowest BCUT2D eigenvalue weighted by molar-refractivity contribution is -0.151. The first-order chi connectivity index (χ1) is 8.69. The molecular weight excluding hydrogens is 250 g/mol. The van der Waals surface area contributed by atoms with E-state index >= 15 is 0 Å².